The molecule has 0 unspecified atom stereocenters. The summed E-state index contributed by atoms with van der Waals surface area (Å²) in [6.45, 7) is 0. The molecule has 0 aliphatic carbocycles. The molecule has 0 saturated heterocycles. The van der Waals surface area contributed by atoms with Crippen LogP contribution in [0.1, 0.15) is 17.0 Å². The molecular weight excluding hydrogens is 240 g/mol. The summed E-state index contributed by atoms with van der Waals surface area (Å²) in [5.41, 5.74) is 1.92. The van der Waals surface area contributed by atoms with E-state index in [2.05, 4.69) is 0 Å². The summed E-state index contributed by atoms with van der Waals surface area (Å²) in [5, 5.41) is 9.27. The lowest BCUT2D eigenvalue weighted by Crippen LogP contribution is -2.16. The molecule has 0 amide bonds. The molecule has 0 aromatic heterocycles. The summed E-state index contributed by atoms with van der Waals surface area (Å²) >= 11 is 0. The largest absolute Gasteiger partial charge is 0.508 e. The maximum absolute atomic E-state index is 11.9. The second-order valence-corrected chi connectivity index (χ2v) is 4.36. The lowest BCUT2D eigenvalue weighted by molar-refractivity contribution is -0.142. The number of ether oxygens (including phenoxy) is 1. The highest BCUT2D eigenvalue weighted by atomic mass is 16.5. The second-order valence-electron chi connectivity index (χ2n) is 4.36. The number of phenols is 1. The van der Waals surface area contributed by atoms with Gasteiger partial charge in [0.05, 0.1) is 13.0 Å². The quantitative estimate of drug-likeness (QED) is 0.856. The Balaban J connectivity index is 2.24. The average Bonchev–Trinajstić information content (AvgIpc) is 2.47. The number of hydrogen-bond acceptors (Lipinski definition) is 3. The van der Waals surface area contributed by atoms with Gasteiger partial charge in [0.15, 0.2) is 0 Å². The van der Waals surface area contributed by atoms with Crippen molar-refractivity contribution in [1.82, 2.24) is 0 Å². The number of phenolic OH excluding ortho intramolecular Hbond substituents is 1. The van der Waals surface area contributed by atoms with Gasteiger partial charge in [-0.2, -0.15) is 0 Å². The van der Waals surface area contributed by atoms with E-state index in [1.165, 1.54) is 7.11 Å². The number of aromatic hydroxyl groups is 1. The first-order valence-electron chi connectivity index (χ1n) is 6.11. The van der Waals surface area contributed by atoms with Crippen molar-refractivity contribution in [3.63, 3.8) is 0 Å². The van der Waals surface area contributed by atoms with Crippen LogP contribution in [0.4, 0.5) is 0 Å². The predicted octanol–water partition coefficient (Wildman–Crippen LogP) is 2.89. The van der Waals surface area contributed by atoms with Crippen molar-refractivity contribution in [3.8, 4) is 5.75 Å². The average molecular weight is 256 g/mol. The SMILES string of the molecule is COC(=O)[C@@H](Cc1ccc(O)cc1)c1ccccc1. The third-order valence-corrected chi connectivity index (χ3v) is 3.06. The van der Waals surface area contributed by atoms with Gasteiger partial charge >= 0.3 is 5.97 Å². The maximum Gasteiger partial charge on any atom is 0.313 e. The third-order valence-electron chi connectivity index (χ3n) is 3.06. The van der Waals surface area contributed by atoms with E-state index in [1.54, 1.807) is 12.1 Å². The maximum atomic E-state index is 11.9. The number of carbonyl (C=O) groups is 1. The van der Waals surface area contributed by atoms with Crippen molar-refractivity contribution in [2.24, 2.45) is 0 Å². The van der Waals surface area contributed by atoms with Gasteiger partial charge in [-0.05, 0) is 29.7 Å². The Bertz CT molecular complexity index is 532. The topological polar surface area (TPSA) is 46.5 Å². The number of benzene rings is 2. The Kier molecular flexibility index (Phi) is 4.18. The van der Waals surface area contributed by atoms with Crippen LogP contribution in [0, 0.1) is 0 Å². The number of esters is 1. The lowest BCUT2D eigenvalue weighted by atomic mass is 9.92. The van der Waals surface area contributed by atoms with Crippen molar-refractivity contribution >= 4 is 5.97 Å². The van der Waals surface area contributed by atoms with Crippen LogP contribution < -0.4 is 0 Å². The highest BCUT2D eigenvalue weighted by molar-refractivity contribution is 5.78. The third kappa shape index (κ3) is 3.35. The molecule has 0 bridgehead atoms. The fraction of sp³-hybridized carbons (Fsp3) is 0.188. The van der Waals surface area contributed by atoms with Crippen LogP contribution in [-0.4, -0.2) is 18.2 Å². The van der Waals surface area contributed by atoms with Crippen molar-refractivity contribution in [2.45, 2.75) is 12.3 Å². The fourth-order valence-electron chi connectivity index (χ4n) is 2.03. The summed E-state index contributed by atoms with van der Waals surface area (Å²) in [4.78, 5) is 11.9. The van der Waals surface area contributed by atoms with Gasteiger partial charge in [0.2, 0.25) is 0 Å². The van der Waals surface area contributed by atoms with Gasteiger partial charge in [-0.25, -0.2) is 0 Å². The van der Waals surface area contributed by atoms with Crippen molar-refractivity contribution in [2.75, 3.05) is 7.11 Å². The molecule has 0 heterocycles. The minimum Gasteiger partial charge on any atom is -0.508 e. The highest BCUT2D eigenvalue weighted by Crippen LogP contribution is 2.23. The molecule has 0 spiro atoms. The van der Waals surface area contributed by atoms with E-state index in [0.717, 1.165) is 11.1 Å². The zero-order chi connectivity index (χ0) is 13.7. The van der Waals surface area contributed by atoms with Crippen molar-refractivity contribution in [3.05, 3.63) is 65.7 Å². The normalized spacial score (nSPS) is 11.8. The van der Waals surface area contributed by atoms with E-state index < -0.39 is 0 Å². The first-order chi connectivity index (χ1) is 9.20. The standard InChI is InChI=1S/C16H16O3/c1-19-16(18)15(13-5-3-2-4-6-13)11-12-7-9-14(17)10-8-12/h2-10,15,17H,11H2,1H3/t15-/m0/s1. The summed E-state index contributed by atoms with van der Waals surface area (Å²) < 4.78 is 4.87. The molecule has 0 radical (unpaired) electrons. The number of rotatable bonds is 4. The van der Waals surface area contributed by atoms with E-state index in [0.29, 0.717) is 6.42 Å². The predicted molar refractivity (Wildman–Crippen MR) is 73.0 cm³/mol. The van der Waals surface area contributed by atoms with Crippen molar-refractivity contribution in [1.29, 1.82) is 0 Å². The minimum absolute atomic E-state index is 0.220. The molecule has 2 aromatic carbocycles. The monoisotopic (exact) mass is 256 g/mol. The first-order valence-corrected chi connectivity index (χ1v) is 6.11. The fourth-order valence-corrected chi connectivity index (χ4v) is 2.03. The van der Waals surface area contributed by atoms with Crippen LogP contribution in [0.15, 0.2) is 54.6 Å². The molecule has 2 rings (SSSR count). The van der Waals surface area contributed by atoms with Crippen LogP contribution in [0.3, 0.4) is 0 Å². The highest BCUT2D eigenvalue weighted by Gasteiger charge is 2.21. The van der Waals surface area contributed by atoms with Gasteiger partial charge in [-0.15, -0.1) is 0 Å². The zero-order valence-electron chi connectivity index (χ0n) is 10.7. The van der Waals surface area contributed by atoms with Crippen LogP contribution in [0.5, 0.6) is 5.75 Å². The Morgan fingerprint density at radius 3 is 2.32 bits per heavy atom. The van der Waals surface area contributed by atoms with Crippen LogP contribution in [0.25, 0.3) is 0 Å². The zero-order valence-corrected chi connectivity index (χ0v) is 10.7. The van der Waals surface area contributed by atoms with E-state index >= 15 is 0 Å². The number of carbonyl (C=O) groups excluding carboxylic acids is 1. The number of methoxy groups -OCH3 is 1. The first kappa shape index (κ1) is 13.1. The van der Waals surface area contributed by atoms with Crippen LogP contribution in [-0.2, 0) is 16.0 Å². The smallest absolute Gasteiger partial charge is 0.313 e. The Labute approximate surface area is 112 Å². The van der Waals surface area contributed by atoms with Gasteiger partial charge in [-0.3, -0.25) is 4.79 Å². The Morgan fingerprint density at radius 1 is 1.11 bits per heavy atom. The molecule has 98 valence electrons. The molecule has 19 heavy (non-hydrogen) atoms. The van der Waals surface area contributed by atoms with E-state index in [9.17, 15) is 9.90 Å². The molecule has 3 heteroatoms. The summed E-state index contributed by atoms with van der Waals surface area (Å²) in [6, 6.07) is 16.4. The number of hydrogen-bond donors (Lipinski definition) is 1. The lowest BCUT2D eigenvalue weighted by Gasteiger charge is -2.15. The van der Waals surface area contributed by atoms with E-state index in [-0.39, 0.29) is 17.6 Å². The van der Waals surface area contributed by atoms with Crippen LogP contribution >= 0.6 is 0 Å². The molecule has 0 fully saturated rings. The molecular formula is C16H16O3. The Hall–Kier alpha value is -2.29. The van der Waals surface area contributed by atoms with Gasteiger partial charge in [0.25, 0.3) is 0 Å². The molecule has 3 nitrogen and oxygen atoms in total. The minimum atomic E-state index is -0.323. The van der Waals surface area contributed by atoms with Crippen molar-refractivity contribution < 1.29 is 14.6 Å². The Morgan fingerprint density at radius 2 is 1.74 bits per heavy atom. The van der Waals surface area contributed by atoms with Crippen LogP contribution in [0.2, 0.25) is 0 Å². The second kappa shape index (κ2) is 6.05. The molecule has 0 aliphatic heterocycles. The molecule has 1 N–H and O–H groups in total. The van der Waals surface area contributed by atoms with E-state index in [1.807, 2.05) is 42.5 Å². The summed E-state index contributed by atoms with van der Waals surface area (Å²) in [7, 11) is 1.40. The summed E-state index contributed by atoms with van der Waals surface area (Å²) in [6.07, 6.45) is 0.553. The van der Waals surface area contributed by atoms with Gasteiger partial charge in [0, 0.05) is 0 Å². The van der Waals surface area contributed by atoms with Gasteiger partial charge in [-0.1, -0.05) is 42.5 Å². The summed E-state index contributed by atoms with van der Waals surface area (Å²) in [5.74, 6) is -0.354. The van der Waals surface area contributed by atoms with E-state index in [4.69, 9.17) is 4.74 Å². The molecule has 0 aliphatic rings. The van der Waals surface area contributed by atoms with Gasteiger partial charge < -0.3 is 9.84 Å². The molecule has 2 aromatic rings. The van der Waals surface area contributed by atoms with Gasteiger partial charge in [0.1, 0.15) is 5.75 Å². The molecule has 0 saturated carbocycles. The molecule has 1 atom stereocenters.